The molecule has 0 bridgehead atoms. The summed E-state index contributed by atoms with van der Waals surface area (Å²) in [6.07, 6.45) is 0. The Hall–Kier alpha value is -0.480. The van der Waals surface area contributed by atoms with Gasteiger partial charge in [0.25, 0.3) is 0 Å². The lowest BCUT2D eigenvalue weighted by Crippen LogP contribution is -2.31. The van der Waals surface area contributed by atoms with Crippen LogP contribution in [-0.4, -0.2) is 22.9 Å². The molecule has 5 heteroatoms. The molecule has 1 unspecified atom stereocenters. The number of aliphatic hydroxyl groups excluding tert-OH is 1. The number of rotatable bonds is 4. The maximum atomic E-state index is 9.78. The quantitative estimate of drug-likeness (QED) is 0.783. The van der Waals surface area contributed by atoms with E-state index in [1.807, 2.05) is 13.8 Å². The van der Waals surface area contributed by atoms with E-state index in [9.17, 15) is 5.11 Å². The molecule has 0 saturated carbocycles. The standard InChI is InChI=1S/C11H15Cl2NO2/c1-6(5-15)14-7(2)9-3-8(12)4-10(13)11(9)16/h3-4,6-7,14-16H,5H2,1-2H3/t6-,7?/m1/s1. The molecular formula is C11H15Cl2NO2. The molecule has 1 rings (SSSR count). The summed E-state index contributed by atoms with van der Waals surface area (Å²) in [5, 5.41) is 22.5. The van der Waals surface area contributed by atoms with Crippen molar-refractivity contribution in [2.24, 2.45) is 0 Å². The molecule has 0 aliphatic rings. The van der Waals surface area contributed by atoms with E-state index < -0.39 is 0 Å². The first kappa shape index (κ1) is 13.6. The molecule has 0 aliphatic heterocycles. The fraction of sp³-hybridized carbons (Fsp3) is 0.455. The SMILES string of the molecule is CC(N[C@H](C)CO)c1cc(Cl)cc(Cl)c1O. The molecule has 0 aliphatic carbocycles. The molecule has 1 aromatic carbocycles. The predicted molar refractivity (Wildman–Crippen MR) is 66.2 cm³/mol. The van der Waals surface area contributed by atoms with E-state index in [1.165, 1.54) is 6.07 Å². The fourth-order valence-corrected chi connectivity index (χ4v) is 1.99. The minimum atomic E-state index is -0.140. The average molecular weight is 264 g/mol. The van der Waals surface area contributed by atoms with Gasteiger partial charge in [0.1, 0.15) is 5.75 Å². The van der Waals surface area contributed by atoms with Crippen molar-refractivity contribution in [3.63, 3.8) is 0 Å². The van der Waals surface area contributed by atoms with Crippen LogP contribution in [0.15, 0.2) is 12.1 Å². The summed E-state index contributed by atoms with van der Waals surface area (Å²) < 4.78 is 0. The lowest BCUT2D eigenvalue weighted by atomic mass is 10.1. The Labute approximate surface area is 105 Å². The number of hydrogen-bond acceptors (Lipinski definition) is 3. The Balaban J connectivity index is 2.94. The van der Waals surface area contributed by atoms with E-state index in [0.717, 1.165) is 0 Å². The Morgan fingerprint density at radius 1 is 1.31 bits per heavy atom. The van der Waals surface area contributed by atoms with Gasteiger partial charge in [-0.2, -0.15) is 0 Å². The van der Waals surface area contributed by atoms with Gasteiger partial charge in [-0.3, -0.25) is 0 Å². The third kappa shape index (κ3) is 3.25. The largest absolute Gasteiger partial charge is 0.506 e. The van der Waals surface area contributed by atoms with Gasteiger partial charge in [-0.25, -0.2) is 0 Å². The molecule has 0 spiro atoms. The van der Waals surface area contributed by atoms with Gasteiger partial charge in [0, 0.05) is 22.7 Å². The van der Waals surface area contributed by atoms with Crippen LogP contribution in [-0.2, 0) is 0 Å². The van der Waals surface area contributed by atoms with Gasteiger partial charge in [0.15, 0.2) is 0 Å². The molecule has 0 fully saturated rings. The first-order valence-electron chi connectivity index (χ1n) is 5.00. The van der Waals surface area contributed by atoms with Crippen molar-refractivity contribution in [2.75, 3.05) is 6.61 Å². The summed E-state index contributed by atoms with van der Waals surface area (Å²) in [6.45, 7) is 3.74. The third-order valence-corrected chi connectivity index (χ3v) is 2.84. The molecular weight excluding hydrogens is 249 g/mol. The number of phenols is 1. The topological polar surface area (TPSA) is 52.5 Å². The van der Waals surface area contributed by atoms with Crippen LogP contribution in [0, 0.1) is 0 Å². The molecule has 16 heavy (non-hydrogen) atoms. The molecule has 2 atom stereocenters. The maximum Gasteiger partial charge on any atom is 0.139 e. The van der Waals surface area contributed by atoms with Crippen LogP contribution in [0.5, 0.6) is 5.75 Å². The Bertz CT molecular complexity index is 371. The van der Waals surface area contributed by atoms with Gasteiger partial charge in [-0.05, 0) is 26.0 Å². The normalized spacial score (nSPS) is 14.8. The second-order valence-electron chi connectivity index (χ2n) is 3.80. The second-order valence-corrected chi connectivity index (χ2v) is 4.64. The van der Waals surface area contributed by atoms with E-state index in [-0.39, 0.29) is 29.5 Å². The third-order valence-electron chi connectivity index (χ3n) is 2.33. The molecule has 0 amide bonds. The van der Waals surface area contributed by atoms with E-state index in [4.69, 9.17) is 28.3 Å². The van der Waals surface area contributed by atoms with Crippen LogP contribution >= 0.6 is 23.2 Å². The van der Waals surface area contributed by atoms with E-state index in [1.54, 1.807) is 6.07 Å². The monoisotopic (exact) mass is 263 g/mol. The van der Waals surface area contributed by atoms with Crippen molar-refractivity contribution in [3.05, 3.63) is 27.7 Å². The van der Waals surface area contributed by atoms with Gasteiger partial charge in [-0.15, -0.1) is 0 Å². The van der Waals surface area contributed by atoms with Gasteiger partial charge < -0.3 is 15.5 Å². The van der Waals surface area contributed by atoms with Crippen molar-refractivity contribution in [1.82, 2.24) is 5.32 Å². The highest BCUT2D eigenvalue weighted by atomic mass is 35.5. The van der Waals surface area contributed by atoms with Crippen LogP contribution in [0.3, 0.4) is 0 Å². The number of aromatic hydroxyl groups is 1. The van der Waals surface area contributed by atoms with Crippen LogP contribution in [0.25, 0.3) is 0 Å². The summed E-state index contributed by atoms with van der Waals surface area (Å²) >= 11 is 11.7. The lowest BCUT2D eigenvalue weighted by Gasteiger charge is -2.20. The molecule has 3 N–H and O–H groups in total. The van der Waals surface area contributed by atoms with E-state index in [2.05, 4.69) is 5.32 Å². The first-order chi connectivity index (χ1) is 7.45. The van der Waals surface area contributed by atoms with Crippen LogP contribution in [0.2, 0.25) is 10.0 Å². The zero-order chi connectivity index (χ0) is 12.3. The first-order valence-corrected chi connectivity index (χ1v) is 5.76. The summed E-state index contributed by atoms with van der Waals surface area (Å²) in [7, 11) is 0. The smallest absolute Gasteiger partial charge is 0.139 e. The van der Waals surface area contributed by atoms with Gasteiger partial charge in [0.05, 0.1) is 11.6 Å². The van der Waals surface area contributed by atoms with Crippen molar-refractivity contribution in [2.45, 2.75) is 25.9 Å². The lowest BCUT2D eigenvalue weighted by molar-refractivity contribution is 0.242. The van der Waals surface area contributed by atoms with E-state index in [0.29, 0.717) is 10.6 Å². The minimum Gasteiger partial charge on any atom is -0.506 e. The molecule has 0 saturated heterocycles. The number of phenolic OH excluding ortho intramolecular Hbond substituents is 1. The zero-order valence-corrected chi connectivity index (χ0v) is 10.7. The highest BCUT2D eigenvalue weighted by Crippen LogP contribution is 2.34. The van der Waals surface area contributed by atoms with Gasteiger partial charge >= 0.3 is 0 Å². The maximum absolute atomic E-state index is 9.78. The molecule has 1 aromatic rings. The van der Waals surface area contributed by atoms with Crippen LogP contribution < -0.4 is 5.32 Å². The van der Waals surface area contributed by atoms with Crippen molar-refractivity contribution in [1.29, 1.82) is 0 Å². The summed E-state index contributed by atoms with van der Waals surface area (Å²) in [5.74, 6) is 0.0243. The summed E-state index contributed by atoms with van der Waals surface area (Å²) in [4.78, 5) is 0. The number of benzene rings is 1. The summed E-state index contributed by atoms with van der Waals surface area (Å²) in [6, 6.07) is 2.94. The number of aliphatic hydroxyl groups is 1. The molecule has 3 nitrogen and oxygen atoms in total. The van der Waals surface area contributed by atoms with Crippen molar-refractivity contribution >= 4 is 23.2 Å². The van der Waals surface area contributed by atoms with Gasteiger partial charge in [-0.1, -0.05) is 23.2 Å². The highest BCUT2D eigenvalue weighted by Gasteiger charge is 2.15. The Morgan fingerprint density at radius 2 is 1.94 bits per heavy atom. The average Bonchev–Trinajstić information content (AvgIpc) is 2.22. The van der Waals surface area contributed by atoms with Crippen molar-refractivity contribution in [3.8, 4) is 5.75 Å². The number of hydrogen-bond donors (Lipinski definition) is 3. The van der Waals surface area contributed by atoms with Crippen LogP contribution in [0.4, 0.5) is 0 Å². The second kappa shape index (κ2) is 5.73. The van der Waals surface area contributed by atoms with Crippen LogP contribution in [0.1, 0.15) is 25.5 Å². The predicted octanol–water partition coefficient (Wildman–Crippen LogP) is 2.73. The molecule has 0 radical (unpaired) electrons. The molecule has 90 valence electrons. The van der Waals surface area contributed by atoms with E-state index >= 15 is 0 Å². The number of halogens is 2. The van der Waals surface area contributed by atoms with Gasteiger partial charge in [0.2, 0.25) is 0 Å². The summed E-state index contributed by atoms with van der Waals surface area (Å²) in [5.41, 5.74) is 0.623. The minimum absolute atomic E-state index is 0.0243. The highest BCUT2D eigenvalue weighted by molar-refractivity contribution is 6.35. The molecule has 0 heterocycles. The van der Waals surface area contributed by atoms with Crippen molar-refractivity contribution < 1.29 is 10.2 Å². The zero-order valence-electron chi connectivity index (χ0n) is 9.17. The fourth-order valence-electron chi connectivity index (χ4n) is 1.49. The molecule has 0 aromatic heterocycles. The number of nitrogens with one attached hydrogen (secondary N) is 1. The Kier molecular flexibility index (Phi) is 4.87. The Morgan fingerprint density at radius 3 is 2.50 bits per heavy atom.